The first-order valence-corrected chi connectivity index (χ1v) is 6.63. The highest BCUT2D eigenvalue weighted by Crippen LogP contribution is 2.29. The Morgan fingerprint density at radius 3 is 2.43 bits per heavy atom. The van der Waals surface area contributed by atoms with Crippen LogP contribution in [0.2, 0.25) is 0 Å². The van der Waals surface area contributed by atoms with Crippen molar-refractivity contribution in [2.75, 3.05) is 0 Å². The Morgan fingerprint density at radius 1 is 1.29 bits per heavy atom. The van der Waals surface area contributed by atoms with Crippen LogP contribution in [-0.4, -0.2) is 16.4 Å². The van der Waals surface area contributed by atoms with E-state index in [2.05, 4.69) is 16.4 Å². The summed E-state index contributed by atoms with van der Waals surface area (Å²) in [7, 11) is 0. The van der Waals surface area contributed by atoms with Crippen LogP contribution >= 0.6 is 0 Å². The molecule has 1 saturated carbocycles. The van der Waals surface area contributed by atoms with E-state index in [0.29, 0.717) is 19.0 Å². The standard InChI is InChI=1S/C14H14F3N3O/c15-14(16,17)10-4-5-11(19-8-10)12(21)20-13(9-18)6-2-1-3-7-13/h4-5,8H,1-3,6-7H2,(H,20,21). The van der Waals surface area contributed by atoms with Crippen molar-refractivity contribution in [3.8, 4) is 6.07 Å². The zero-order valence-electron chi connectivity index (χ0n) is 11.2. The molecule has 0 radical (unpaired) electrons. The minimum Gasteiger partial charge on any atom is -0.332 e. The molecule has 0 spiro atoms. The van der Waals surface area contributed by atoms with Crippen LogP contribution in [0, 0.1) is 11.3 Å². The van der Waals surface area contributed by atoms with E-state index >= 15 is 0 Å². The third-order valence-electron chi connectivity index (χ3n) is 3.60. The normalized spacial score (nSPS) is 17.8. The van der Waals surface area contributed by atoms with Gasteiger partial charge in [-0.05, 0) is 25.0 Å². The number of rotatable bonds is 2. The van der Waals surface area contributed by atoms with Crippen molar-refractivity contribution in [1.82, 2.24) is 10.3 Å². The van der Waals surface area contributed by atoms with Crippen LogP contribution in [0.3, 0.4) is 0 Å². The van der Waals surface area contributed by atoms with Crippen LogP contribution in [0.1, 0.15) is 48.2 Å². The van der Waals surface area contributed by atoms with E-state index in [0.717, 1.165) is 31.4 Å². The molecule has 1 fully saturated rings. The monoisotopic (exact) mass is 297 g/mol. The molecule has 2 rings (SSSR count). The summed E-state index contributed by atoms with van der Waals surface area (Å²) >= 11 is 0. The summed E-state index contributed by atoms with van der Waals surface area (Å²) in [4.78, 5) is 15.6. The maximum absolute atomic E-state index is 12.4. The van der Waals surface area contributed by atoms with Gasteiger partial charge in [-0.15, -0.1) is 0 Å². The van der Waals surface area contributed by atoms with E-state index in [4.69, 9.17) is 0 Å². The van der Waals surface area contributed by atoms with Gasteiger partial charge in [0.25, 0.3) is 5.91 Å². The molecule has 0 atom stereocenters. The highest BCUT2D eigenvalue weighted by molar-refractivity contribution is 5.93. The van der Waals surface area contributed by atoms with Gasteiger partial charge in [-0.2, -0.15) is 18.4 Å². The zero-order chi connectivity index (χ0) is 15.5. The van der Waals surface area contributed by atoms with Gasteiger partial charge in [-0.3, -0.25) is 9.78 Å². The lowest BCUT2D eigenvalue weighted by molar-refractivity contribution is -0.137. The van der Waals surface area contributed by atoms with Gasteiger partial charge in [0.1, 0.15) is 11.2 Å². The first-order chi connectivity index (χ1) is 9.86. The predicted octanol–water partition coefficient (Wildman–Crippen LogP) is 3.06. The molecule has 1 aliphatic rings. The zero-order valence-corrected chi connectivity index (χ0v) is 11.2. The SMILES string of the molecule is N#CC1(NC(=O)c2ccc(C(F)(F)F)cn2)CCCCC1. The summed E-state index contributed by atoms with van der Waals surface area (Å²) in [5.74, 6) is -0.618. The predicted molar refractivity (Wildman–Crippen MR) is 68.1 cm³/mol. The summed E-state index contributed by atoms with van der Waals surface area (Å²) in [6, 6.07) is 3.94. The second-order valence-corrected chi connectivity index (χ2v) is 5.14. The molecule has 0 saturated heterocycles. The maximum atomic E-state index is 12.4. The van der Waals surface area contributed by atoms with E-state index in [1.54, 1.807) is 0 Å². The third-order valence-corrected chi connectivity index (χ3v) is 3.60. The number of aromatic nitrogens is 1. The Morgan fingerprint density at radius 2 is 1.95 bits per heavy atom. The average Bonchev–Trinajstić information content (AvgIpc) is 2.47. The largest absolute Gasteiger partial charge is 0.417 e. The fourth-order valence-corrected chi connectivity index (χ4v) is 2.40. The smallest absolute Gasteiger partial charge is 0.332 e. The third kappa shape index (κ3) is 3.51. The number of halogens is 3. The molecule has 21 heavy (non-hydrogen) atoms. The fraction of sp³-hybridized carbons (Fsp3) is 0.500. The second-order valence-electron chi connectivity index (χ2n) is 5.14. The number of carbonyl (C=O) groups is 1. The Labute approximate surface area is 120 Å². The van der Waals surface area contributed by atoms with Gasteiger partial charge in [0.2, 0.25) is 0 Å². The van der Waals surface area contributed by atoms with E-state index in [-0.39, 0.29) is 5.69 Å². The van der Waals surface area contributed by atoms with E-state index in [9.17, 15) is 23.2 Å². The second kappa shape index (κ2) is 5.72. The summed E-state index contributed by atoms with van der Waals surface area (Å²) in [5, 5.41) is 11.9. The maximum Gasteiger partial charge on any atom is 0.417 e. The number of hydrogen-bond acceptors (Lipinski definition) is 3. The molecular weight excluding hydrogens is 283 g/mol. The first kappa shape index (κ1) is 15.3. The number of nitriles is 1. The van der Waals surface area contributed by atoms with Crippen LogP contribution in [0.25, 0.3) is 0 Å². The van der Waals surface area contributed by atoms with Crippen molar-refractivity contribution < 1.29 is 18.0 Å². The van der Waals surface area contributed by atoms with Crippen LogP contribution in [0.15, 0.2) is 18.3 Å². The molecule has 1 aromatic rings. The molecule has 1 N–H and O–H groups in total. The molecule has 1 heterocycles. The number of nitrogens with one attached hydrogen (secondary N) is 1. The molecule has 0 bridgehead atoms. The molecule has 0 unspecified atom stereocenters. The molecule has 1 amide bonds. The minimum atomic E-state index is -4.49. The van der Waals surface area contributed by atoms with Crippen molar-refractivity contribution in [2.45, 2.75) is 43.8 Å². The van der Waals surface area contributed by atoms with Gasteiger partial charge in [0.15, 0.2) is 0 Å². The number of pyridine rings is 1. The summed E-state index contributed by atoms with van der Waals surface area (Å²) in [6.07, 6.45) is -0.0692. The highest BCUT2D eigenvalue weighted by atomic mass is 19.4. The van der Waals surface area contributed by atoms with Crippen LogP contribution in [0.5, 0.6) is 0 Å². The van der Waals surface area contributed by atoms with E-state index in [1.165, 1.54) is 0 Å². The Hall–Kier alpha value is -2.10. The van der Waals surface area contributed by atoms with E-state index in [1.807, 2.05) is 0 Å². The van der Waals surface area contributed by atoms with Crippen molar-refractivity contribution in [2.24, 2.45) is 0 Å². The number of hydrogen-bond donors (Lipinski definition) is 1. The van der Waals surface area contributed by atoms with Crippen molar-refractivity contribution in [3.63, 3.8) is 0 Å². The Balaban J connectivity index is 2.11. The average molecular weight is 297 g/mol. The van der Waals surface area contributed by atoms with Crippen LogP contribution in [-0.2, 0) is 6.18 Å². The molecule has 1 aromatic heterocycles. The van der Waals surface area contributed by atoms with Gasteiger partial charge in [0, 0.05) is 6.20 Å². The summed E-state index contributed by atoms with van der Waals surface area (Å²) in [5.41, 5.74) is -1.96. The number of carbonyl (C=O) groups excluding carboxylic acids is 1. The molecule has 1 aliphatic carbocycles. The van der Waals surface area contributed by atoms with Gasteiger partial charge >= 0.3 is 6.18 Å². The molecule has 0 aromatic carbocycles. The molecule has 112 valence electrons. The van der Waals surface area contributed by atoms with Gasteiger partial charge < -0.3 is 5.32 Å². The Kier molecular flexibility index (Phi) is 4.16. The van der Waals surface area contributed by atoms with Crippen LogP contribution < -0.4 is 5.32 Å². The number of amides is 1. The molecule has 7 heteroatoms. The lowest BCUT2D eigenvalue weighted by atomic mass is 9.83. The molecular formula is C14H14F3N3O. The quantitative estimate of drug-likeness (QED) is 0.912. The highest BCUT2D eigenvalue weighted by Gasteiger charge is 2.35. The van der Waals surface area contributed by atoms with Crippen molar-refractivity contribution >= 4 is 5.91 Å². The lowest BCUT2D eigenvalue weighted by Crippen LogP contribution is -2.48. The van der Waals surface area contributed by atoms with Crippen LogP contribution in [0.4, 0.5) is 13.2 Å². The van der Waals surface area contributed by atoms with Gasteiger partial charge in [0.05, 0.1) is 11.6 Å². The topological polar surface area (TPSA) is 65.8 Å². The summed E-state index contributed by atoms with van der Waals surface area (Å²) < 4.78 is 37.3. The van der Waals surface area contributed by atoms with E-state index < -0.39 is 23.2 Å². The number of alkyl halides is 3. The van der Waals surface area contributed by atoms with Gasteiger partial charge in [-0.25, -0.2) is 0 Å². The van der Waals surface area contributed by atoms with Crippen molar-refractivity contribution in [3.05, 3.63) is 29.6 Å². The lowest BCUT2D eigenvalue weighted by Gasteiger charge is -2.31. The number of nitrogens with zero attached hydrogens (tertiary/aromatic N) is 2. The van der Waals surface area contributed by atoms with Crippen molar-refractivity contribution in [1.29, 1.82) is 5.26 Å². The fourth-order valence-electron chi connectivity index (χ4n) is 2.40. The minimum absolute atomic E-state index is 0.122. The molecule has 0 aliphatic heterocycles. The summed E-state index contributed by atoms with van der Waals surface area (Å²) in [6.45, 7) is 0. The van der Waals surface area contributed by atoms with Gasteiger partial charge in [-0.1, -0.05) is 19.3 Å². The molecule has 4 nitrogen and oxygen atoms in total. The Bertz CT molecular complexity index is 554. The first-order valence-electron chi connectivity index (χ1n) is 6.63.